The second-order valence-electron chi connectivity index (χ2n) is 8.53. The molecule has 1 atom stereocenters. The lowest BCUT2D eigenvalue weighted by Crippen LogP contribution is -2.32. The summed E-state index contributed by atoms with van der Waals surface area (Å²) >= 11 is 0. The van der Waals surface area contributed by atoms with E-state index in [2.05, 4.69) is 0 Å². The molecule has 36 heavy (non-hydrogen) atoms. The van der Waals surface area contributed by atoms with E-state index >= 15 is 0 Å². The van der Waals surface area contributed by atoms with Gasteiger partial charge in [-0.2, -0.15) is 13.2 Å². The molecular weight excluding hydrogens is 505 g/mol. The number of sulfone groups is 1. The summed E-state index contributed by atoms with van der Waals surface area (Å²) in [6.07, 6.45) is -6.03. The number of alkyl halides is 3. The molecule has 0 aromatic heterocycles. The second kappa shape index (κ2) is 9.20. The molecule has 5 nitrogen and oxygen atoms in total. The Labute approximate surface area is 204 Å². The van der Waals surface area contributed by atoms with Crippen molar-refractivity contribution in [1.82, 2.24) is 4.90 Å². The van der Waals surface area contributed by atoms with Crippen LogP contribution < -0.4 is 4.74 Å². The lowest BCUT2D eigenvalue weighted by molar-refractivity contribution is -0.189. The lowest BCUT2D eigenvalue weighted by Gasteiger charge is -2.22. The van der Waals surface area contributed by atoms with Crippen molar-refractivity contribution in [2.75, 3.05) is 6.26 Å². The van der Waals surface area contributed by atoms with Crippen molar-refractivity contribution < 1.29 is 39.9 Å². The number of ether oxygens (including phenoxy) is 1. The zero-order valence-corrected chi connectivity index (χ0v) is 19.9. The van der Waals surface area contributed by atoms with Crippen LogP contribution in [0.1, 0.15) is 28.4 Å². The van der Waals surface area contributed by atoms with Gasteiger partial charge in [-0.1, -0.05) is 12.1 Å². The van der Waals surface area contributed by atoms with Crippen LogP contribution in [-0.4, -0.2) is 37.8 Å². The molecule has 1 aliphatic heterocycles. The first-order valence-corrected chi connectivity index (χ1v) is 12.6. The molecule has 1 heterocycles. The standard InChI is InChI=1S/C25H20F5NO4S/c1-14(25(28,29)30)35-23-6-5-21(36(2,33)34)11-22(23)24(32)31-12-16-4-3-15(7-18(16)13-31)17-8-19(26)10-20(27)9-17/h3-11,14H,12-13H2,1-2H3. The maximum Gasteiger partial charge on any atom is 0.425 e. The smallest absolute Gasteiger partial charge is 0.425 e. The van der Waals surface area contributed by atoms with Gasteiger partial charge in [0.25, 0.3) is 5.91 Å². The summed E-state index contributed by atoms with van der Waals surface area (Å²) in [5, 5.41) is 0. The molecule has 0 bridgehead atoms. The van der Waals surface area contributed by atoms with Gasteiger partial charge in [0.05, 0.1) is 10.5 Å². The van der Waals surface area contributed by atoms with Crippen LogP contribution in [0.25, 0.3) is 11.1 Å². The molecule has 1 unspecified atom stereocenters. The van der Waals surface area contributed by atoms with E-state index in [-0.39, 0.29) is 23.5 Å². The summed E-state index contributed by atoms with van der Waals surface area (Å²) in [6.45, 7) is 0.932. The maximum absolute atomic E-state index is 13.6. The summed E-state index contributed by atoms with van der Waals surface area (Å²) in [4.78, 5) is 14.4. The molecule has 11 heteroatoms. The van der Waals surface area contributed by atoms with Crippen molar-refractivity contribution in [2.24, 2.45) is 0 Å². The van der Waals surface area contributed by atoms with Gasteiger partial charge in [0.15, 0.2) is 15.9 Å². The first kappa shape index (κ1) is 25.6. The Morgan fingerprint density at radius 3 is 2.17 bits per heavy atom. The van der Waals surface area contributed by atoms with Crippen LogP contribution in [0.4, 0.5) is 22.0 Å². The third kappa shape index (κ3) is 5.35. The fourth-order valence-electron chi connectivity index (χ4n) is 3.88. The van der Waals surface area contributed by atoms with Crippen LogP contribution in [-0.2, 0) is 22.9 Å². The van der Waals surface area contributed by atoms with Crippen LogP contribution in [0.3, 0.4) is 0 Å². The number of carbonyl (C=O) groups excluding carboxylic acids is 1. The van der Waals surface area contributed by atoms with E-state index in [1.165, 1.54) is 17.0 Å². The van der Waals surface area contributed by atoms with Gasteiger partial charge >= 0.3 is 6.18 Å². The van der Waals surface area contributed by atoms with Gasteiger partial charge in [-0.05, 0) is 65.6 Å². The highest BCUT2D eigenvalue weighted by atomic mass is 32.2. The predicted octanol–water partition coefficient (Wildman–Crippen LogP) is 5.52. The van der Waals surface area contributed by atoms with E-state index in [4.69, 9.17) is 4.74 Å². The number of amides is 1. The number of carbonyl (C=O) groups is 1. The molecule has 0 radical (unpaired) electrons. The Bertz CT molecular complexity index is 1430. The molecule has 190 valence electrons. The molecule has 0 N–H and O–H groups in total. The molecule has 1 amide bonds. The normalized spacial score (nSPS) is 14.5. The first-order valence-electron chi connectivity index (χ1n) is 10.7. The topological polar surface area (TPSA) is 63.7 Å². The van der Waals surface area contributed by atoms with Crippen LogP contribution in [0.5, 0.6) is 5.75 Å². The molecule has 4 rings (SSSR count). The van der Waals surface area contributed by atoms with Gasteiger partial charge in [-0.3, -0.25) is 4.79 Å². The minimum absolute atomic E-state index is 0.0527. The van der Waals surface area contributed by atoms with Gasteiger partial charge in [0, 0.05) is 25.4 Å². The van der Waals surface area contributed by atoms with E-state index in [9.17, 15) is 35.2 Å². The van der Waals surface area contributed by atoms with Gasteiger partial charge in [0.2, 0.25) is 0 Å². The zero-order valence-electron chi connectivity index (χ0n) is 19.1. The number of benzene rings is 3. The number of nitrogens with zero attached hydrogens (tertiary/aromatic N) is 1. The lowest BCUT2D eigenvalue weighted by atomic mass is 10.0. The molecular formula is C25H20F5NO4S. The van der Waals surface area contributed by atoms with E-state index in [0.29, 0.717) is 16.7 Å². The van der Waals surface area contributed by atoms with Crippen molar-refractivity contribution in [3.8, 4) is 16.9 Å². The number of halogens is 5. The van der Waals surface area contributed by atoms with Crippen LogP contribution in [0.2, 0.25) is 0 Å². The van der Waals surface area contributed by atoms with Crippen molar-refractivity contribution >= 4 is 15.7 Å². The first-order chi connectivity index (χ1) is 16.7. The molecule has 3 aromatic rings. The Hall–Kier alpha value is -3.47. The summed E-state index contributed by atoms with van der Waals surface area (Å²) in [5.41, 5.74) is 1.90. The Morgan fingerprint density at radius 1 is 0.917 bits per heavy atom. The number of hydrogen-bond acceptors (Lipinski definition) is 4. The largest absolute Gasteiger partial charge is 0.480 e. The quantitative estimate of drug-likeness (QED) is 0.412. The highest BCUT2D eigenvalue weighted by molar-refractivity contribution is 7.90. The van der Waals surface area contributed by atoms with Gasteiger partial charge in [-0.25, -0.2) is 17.2 Å². The van der Waals surface area contributed by atoms with Crippen molar-refractivity contribution in [1.29, 1.82) is 0 Å². The van der Waals surface area contributed by atoms with Crippen LogP contribution in [0.15, 0.2) is 59.5 Å². The summed E-state index contributed by atoms with van der Waals surface area (Å²) < 4.78 is 95.6. The summed E-state index contributed by atoms with van der Waals surface area (Å²) in [7, 11) is -3.76. The average Bonchev–Trinajstić information content (AvgIpc) is 3.20. The number of rotatable bonds is 5. The average molecular weight is 525 g/mol. The monoisotopic (exact) mass is 525 g/mol. The zero-order chi connectivity index (χ0) is 26.4. The van der Waals surface area contributed by atoms with Crippen molar-refractivity contribution in [3.63, 3.8) is 0 Å². The highest BCUT2D eigenvalue weighted by Gasteiger charge is 2.39. The summed E-state index contributed by atoms with van der Waals surface area (Å²) in [5.74, 6) is -2.61. The van der Waals surface area contributed by atoms with Crippen molar-refractivity contribution in [2.45, 2.75) is 37.2 Å². The minimum atomic E-state index is -4.70. The molecule has 0 aliphatic carbocycles. The molecule has 3 aromatic carbocycles. The van der Waals surface area contributed by atoms with Gasteiger partial charge < -0.3 is 9.64 Å². The maximum atomic E-state index is 13.6. The third-order valence-corrected chi connectivity index (χ3v) is 6.90. The second-order valence-corrected chi connectivity index (χ2v) is 10.6. The minimum Gasteiger partial charge on any atom is -0.480 e. The van der Waals surface area contributed by atoms with Gasteiger partial charge in [-0.15, -0.1) is 0 Å². The number of fused-ring (bicyclic) bond motifs is 1. The van der Waals surface area contributed by atoms with E-state index in [0.717, 1.165) is 43.0 Å². The SMILES string of the molecule is CC(Oc1ccc(S(C)(=O)=O)cc1C(=O)N1Cc2ccc(-c3cc(F)cc(F)c3)cc2C1)C(F)(F)F. The van der Waals surface area contributed by atoms with Crippen LogP contribution >= 0.6 is 0 Å². The summed E-state index contributed by atoms with van der Waals surface area (Å²) in [6, 6.07) is 11.2. The Morgan fingerprint density at radius 2 is 1.56 bits per heavy atom. The highest BCUT2D eigenvalue weighted by Crippen LogP contribution is 2.34. The Balaban J connectivity index is 1.66. The number of hydrogen-bond donors (Lipinski definition) is 0. The predicted molar refractivity (Wildman–Crippen MR) is 121 cm³/mol. The third-order valence-electron chi connectivity index (χ3n) is 5.79. The van der Waals surface area contributed by atoms with E-state index in [1.807, 2.05) is 0 Å². The molecule has 0 saturated heterocycles. The molecule has 0 spiro atoms. The Kier molecular flexibility index (Phi) is 6.54. The molecule has 1 aliphatic rings. The molecule has 0 fully saturated rings. The van der Waals surface area contributed by atoms with Crippen molar-refractivity contribution in [3.05, 3.63) is 82.9 Å². The molecule has 0 saturated carbocycles. The fraction of sp³-hybridized carbons (Fsp3) is 0.240. The van der Waals surface area contributed by atoms with E-state index in [1.54, 1.807) is 18.2 Å². The van der Waals surface area contributed by atoms with Crippen LogP contribution in [0, 0.1) is 11.6 Å². The fourth-order valence-corrected chi connectivity index (χ4v) is 4.52. The van der Waals surface area contributed by atoms with E-state index < -0.39 is 45.4 Å². The van der Waals surface area contributed by atoms with Gasteiger partial charge in [0.1, 0.15) is 17.4 Å².